The number of nitrogens with zero attached hydrogens (tertiary/aromatic N) is 2. The van der Waals surface area contributed by atoms with Gasteiger partial charge in [0.1, 0.15) is 10.6 Å². The fourth-order valence-corrected chi connectivity index (χ4v) is 4.28. The van der Waals surface area contributed by atoms with Crippen LogP contribution >= 0.6 is 22.9 Å². The van der Waals surface area contributed by atoms with Crippen molar-refractivity contribution < 1.29 is 9.53 Å². The van der Waals surface area contributed by atoms with Gasteiger partial charge in [-0.15, -0.1) is 11.3 Å². The third-order valence-electron chi connectivity index (χ3n) is 4.71. The molecule has 5 nitrogen and oxygen atoms in total. The summed E-state index contributed by atoms with van der Waals surface area (Å²) in [5.41, 5.74) is 3.10. The fourth-order valence-electron chi connectivity index (χ4n) is 3.11. The number of hydrogen-bond acceptors (Lipinski definition) is 5. The van der Waals surface area contributed by atoms with Gasteiger partial charge in [-0.2, -0.15) is 0 Å². The van der Waals surface area contributed by atoms with Crippen molar-refractivity contribution in [3.8, 4) is 16.9 Å². The van der Waals surface area contributed by atoms with Gasteiger partial charge >= 0.3 is 0 Å². The molecule has 2 heterocycles. The molecule has 2 aromatic heterocycles. The van der Waals surface area contributed by atoms with E-state index in [1.807, 2.05) is 36.6 Å². The summed E-state index contributed by atoms with van der Waals surface area (Å²) in [6.45, 7) is 1.90. The van der Waals surface area contributed by atoms with Crippen LogP contribution < -0.4 is 10.3 Å². The Labute approximate surface area is 176 Å². The minimum Gasteiger partial charge on any atom is -0.495 e. The van der Waals surface area contributed by atoms with Gasteiger partial charge in [0.2, 0.25) is 0 Å². The first-order valence-corrected chi connectivity index (χ1v) is 10.1. The molecule has 0 aliphatic carbocycles. The molecule has 0 radical (unpaired) electrons. The van der Waals surface area contributed by atoms with E-state index in [2.05, 4.69) is 4.98 Å². The molecule has 7 heteroatoms. The van der Waals surface area contributed by atoms with Gasteiger partial charge in [0.25, 0.3) is 5.56 Å². The number of thiophene rings is 1. The lowest BCUT2D eigenvalue weighted by molar-refractivity contribution is 0.0970. The number of aryl methyl sites for hydroxylation is 1. The van der Waals surface area contributed by atoms with Gasteiger partial charge in [0.05, 0.1) is 30.4 Å². The summed E-state index contributed by atoms with van der Waals surface area (Å²) in [4.78, 5) is 30.9. The van der Waals surface area contributed by atoms with Crippen LogP contribution in [0.25, 0.3) is 21.3 Å². The van der Waals surface area contributed by atoms with Gasteiger partial charge < -0.3 is 4.74 Å². The maximum Gasteiger partial charge on any atom is 0.263 e. The molecule has 0 saturated heterocycles. The fraction of sp³-hybridized carbons (Fsp3) is 0.136. The Bertz CT molecular complexity index is 1280. The third kappa shape index (κ3) is 3.69. The maximum atomic E-state index is 13.1. The predicted octanol–water partition coefficient (Wildman–Crippen LogP) is 4.98. The Hall–Kier alpha value is -2.96. The number of aromatic nitrogens is 2. The van der Waals surface area contributed by atoms with Crippen molar-refractivity contribution in [3.05, 3.63) is 80.7 Å². The largest absolute Gasteiger partial charge is 0.495 e. The number of carbonyl (C=O) groups excluding carboxylic acids is 1. The molecule has 0 spiro atoms. The molecule has 0 amide bonds. The molecule has 146 valence electrons. The third-order valence-corrected chi connectivity index (χ3v) is 5.89. The van der Waals surface area contributed by atoms with Crippen molar-refractivity contribution in [2.75, 3.05) is 7.11 Å². The Morgan fingerprint density at radius 2 is 1.97 bits per heavy atom. The summed E-state index contributed by atoms with van der Waals surface area (Å²) in [7, 11) is 1.51. The Balaban J connectivity index is 1.71. The lowest BCUT2D eigenvalue weighted by Gasteiger charge is -2.08. The van der Waals surface area contributed by atoms with Gasteiger partial charge in [0, 0.05) is 16.5 Å². The van der Waals surface area contributed by atoms with Crippen LogP contribution in [0, 0.1) is 6.92 Å². The molecule has 0 unspecified atom stereocenters. The van der Waals surface area contributed by atoms with Gasteiger partial charge in [-0.05, 0) is 30.7 Å². The van der Waals surface area contributed by atoms with E-state index in [4.69, 9.17) is 16.3 Å². The molecule has 4 rings (SSSR count). The molecule has 0 aliphatic heterocycles. The van der Waals surface area contributed by atoms with Crippen molar-refractivity contribution >= 4 is 38.9 Å². The second kappa shape index (κ2) is 7.81. The molecule has 2 aromatic carbocycles. The number of Topliss-reactive ketones (excluding diaryl/α,β-unsaturated/α-hetero) is 1. The lowest BCUT2D eigenvalue weighted by atomic mass is 10.0. The molecule has 0 aliphatic rings. The molecule has 29 heavy (non-hydrogen) atoms. The van der Waals surface area contributed by atoms with Gasteiger partial charge in [-0.1, -0.05) is 41.4 Å². The van der Waals surface area contributed by atoms with Crippen molar-refractivity contribution in [1.29, 1.82) is 0 Å². The lowest BCUT2D eigenvalue weighted by Crippen LogP contribution is -2.24. The predicted molar refractivity (Wildman–Crippen MR) is 116 cm³/mol. The summed E-state index contributed by atoms with van der Waals surface area (Å²) in [5.74, 6) is 0.259. The molecular weight excluding hydrogens is 408 g/mol. The van der Waals surface area contributed by atoms with Crippen molar-refractivity contribution in [2.24, 2.45) is 0 Å². The summed E-state index contributed by atoms with van der Waals surface area (Å²) in [6, 6.07) is 12.8. The van der Waals surface area contributed by atoms with Crippen LogP contribution in [0.4, 0.5) is 0 Å². The zero-order valence-electron chi connectivity index (χ0n) is 15.8. The summed E-state index contributed by atoms with van der Waals surface area (Å²) < 4.78 is 6.45. The van der Waals surface area contributed by atoms with Crippen molar-refractivity contribution in [3.63, 3.8) is 0 Å². The second-order valence-corrected chi connectivity index (χ2v) is 7.91. The highest BCUT2D eigenvalue weighted by Crippen LogP contribution is 2.31. The van der Waals surface area contributed by atoms with E-state index in [-0.39, 0.29) is 17.9 Å². The summed E-state index contributed by atoms with van der Waals surface area (Å²) in [6.07, 6.45) is 1.42. The number of carbonyl (C=O) groups is 1. The highest BCUT2D eigenvalue weighted by atomic mass is 35.5. The Morgan fingerprint density at radius 3 is 2.66 bits per heavy atom. The normalized spacial score (nSPS) is 11.0. The van der Waals surface area contributed by atoms with Crippen molar-refractivity contribution in [2.45, 2.75) is 13.5 Å². The molecular formula is C22H17ClN2O3S. The first-order chi connectivity index (χ1) is 14.0. The number of halogens is 1. The average Bonchev–Trinajstić information content (AvgIpc) is 3.15. The molecule has 0 N–H and O–H groups in total. The van der Waals surface area contributed by atoms with Crippen molar-refractivity contribution in [1.82, 2.24) is 9.55 Å². The van der Waals surface area contributed by atoms with Crippen LogP contribution in [0.3, 0.4) is 0 Å². The van der Waals surface area contributed by atoms with Crippen LogP contribution in [0.1, 0.15) is 15.9 Å². The molecule has 0 bridgehead atoms. The van der Waals surface area contributed by atoms with E-state index >= 15 is 0 Å². The first-order valence-electron chi connectivity index (χ1n) is 8.88. The number of ether oxygens (including phenoxy) is 1. The molecule has 0 atom stereocenters. The van der Waals surface area contributed by atoms with Crippen LogP contribution in [-0.2, 0) is 6.54 Å². The van der Waals surface area contributed by atoms with E-state index < -0.39 is 0 Å². The van der Waals surface area contributed by atoms with Crippen LogP contribution in [0.5, 0.6) is 5.75 Å². The van der Waals surface area contributed by atoms with E-state index in [1.54, 1.807) is 18.2 Å². The second-order valence-electron chi connectivity index (χ2n) is 6.65. The number of ketones is 1. The first kappa shape index (κ1) is 19.4. The average molecular weight is 425 g/mol. The molecule has 0 fully saturated rings. The zero-order valence-corrected chi connectivity index (χ0v) is 17.4. The smallest absolute Gasteiger partial charge is 0.263 e. The van der Waals surface area contributed by atoms with Crippen LogP contribution in [-0.4, -0.2) is 22.4 Å². The standard InChI is InChI=1S/C22H17ClN2O3S/c1-13-3-5-14(6-4-13)16-11-29-21-20(16)22(27)25(12-24-21)10-18(26)15-7-8-19(28-2)17(23)9-15/h3-9,11-12H,10H2,1-2H3. The zero-order chi connectivity index (χ0) is 20.5. The maximum absolute atomic E-state index is 13.1. The number of hydrogen-bond donors (Lipinski definition) is 0. The molecule has 4 aromatic rings. The van der Waals surface area contributed by atoms with Gasteiger partial charge in [-0.25, -0.2) is 4.98 Å². The Kier molecular flexibility index (Phi) is 5.22. The van der Waals surface area contributed by atoms with E-state index in [1.165, 1.54) is 29.3 Å². The van der Waals surface area contributed by atoms with E-state index in [0.717, 1.165) is 16.7 Å². The highest BCUT2D eigenvalue weighted by Gasteiger charge is 2.16. The van der Waals surface area contributed by atoms with E-state index in [9.17, 15) is 9.59 Å². The topological polar surface area (TPSA) is 61.2 Å². The quantitative estimate of drug-likeness (QED) is 0.424. The Morgan fingerprint density at radius 1 is 1.21 bits per heavy atom. The monoisotopic (exact) mass is 424 g/mol. The minimum absolute atomic E-state index is 0.117. The summed E-state index contributed by atoms with van der Waals surface area (Å²) in [5, 5.41) is 2.81. The number of benzene rings is 2. The summed E-state index contributed by atoms with van der Waals surface area (Å²) >= 11 is 7.53. The van der Waals surface area contributed by atoms with Gasteiger partial charge in [0.15, 0.2) is 5.78 Å². The SMILES string of the molecule is COc1ccc(C(=O)Cn2cnc3scc(-c4ccc(C)cc4)c3c2=O)cc1Cl. The number of rotatable bonds is 5. The highest BCUT2D eigenvalue weighted by molar-refractivity contribution is 7.17. The molecule has 0 saturated carbocycles. The minimum atomic E-state index is -0.236. The van der Waals surface area contributed by atoms with Crippen LogP contribution in [0.2, 0.25) is 5.02 Å². The number of fused-ring (bicyclic) bond motifs is 1. The van der Waals surface area contributed by atoms with Gasteiger partial charge in [-0.3, -0.25) is 14.2 Å². The van der Waals surface area contributed by atoms with Crippen LogP contribution in [0.15, 0.2) is 59.0 Å². The number of methoxy groups -OCH3 is 1. The van der Waals surface area contributed by atoms with E-state index in [0.29, 0.717) is 26.6 Å².